The van der Waals surface area contributed by atoms with Gasteiger partial charge in [-0.15, -0.1) is 13.2 Å². The second kappa shape index (κ2) is 8.88. The molecule has 0 spiro atoms. The van der Waals surface area contributed by atoms with E-state index in [2.05, 4.69) is 13.2 Å². The summed E-state index contributed by atoms with van der Waals surface area (Å²) in [5, 5.41) is 0.752. The number of rotatable bonds is 2. The molecule has 1 aromatic rings. The molecule has 0 fully saturated rings. The topological polar surface area (TPSA) is 54.4 Å². The first-order chi connectivity index (χ1) is 6.58. The number of hydrogen-bond acceptors (Lipinski definition) is 2. The molecule has 0 heterocycles. The van der Waals surface area contributed by atoms with Crippen molar-refractivity contribution in [1.82, 2.24) is 0 Å². The third-order valence-corrected chi connectivity index (χ3v) is 1.71. The minimum Gasteiger partial charge on any atom is -0.282 e. The van der Waals surface area contributed by atoms with Crippen molar-refractivity contribution in [3.63, 3.8) is 0 Å². The van der Waals surface area contributed by atoms with Crippen molar-refractivity contribution in [3.05, 3.63) is 54.5 Å². The molecule has 77 valence electrons. The van der Waals surface area contributed by atoms with E-state index < -0.39 is 10.1 Å². The maximum Gasteiger partial charge on any atom is 0.287 e. The largest absolute Gasteiger partial charge is 0.287 e. The van der Waals surface area contributed by atoms with Crippen LogP contribution >= 0.6 is 0 Å². The molecule has 1 N–H and O–H groups in total. The van der Waals surface area contributed by atoms with Gasteiger partial charge in [0.25, 0.3) is 10.1 Å². The average Bonchev–Trinajstić information content (AvgIpc) is 2.19. The molecule has 0 aliphatic rings. The summed E-state index contributed by atoms with van der Waals surface area (Å²) < 4.78 is 28.9. The summed E-state index contributed by atoms with van der Waals surface area (Å²) in [6, 6.07) is 8.86. The van der Waals surface area contributed by atoms with Crippen LogP contribution in [0, 0.1) is 0 Å². The Labute approximate surface area is 113 Å². The summed E-state index contributed by atoms with van der Waals surface area (Å²) in [6.07, 6.45) is 1.33. The average molecular weight is 235 g/mol. The number of benzene rings is 1. The first-order valence-corrected chi connectivity index (χ1v) is 5.29. The molecule has 15 heavy (non-hydrogen) atoms. The second-order valence-corrected chi connectivity index (χ2v) is 3.53. The van der Waals surface area contributed by atoms with E-state index in [0.29, 0.717) is 0 Å². The zero-order chi connectivity index (χ0) is 11.0. The normalized spacial score (nSPS) is 9.93. The van der Waals surface area contributed by atoms with Crippen molar-refractivity contribution in [2.75, 3.05) is 0 Å². The van der Waals surface area contributed by atoms with Crippen molar-refractivity contribution in [3.8, 4) is 0 Å². The Balaban J connectivity index is 0. The van der Waals surface area contributed by atoms with E-state index in [4.69, 9.17) is 4.55 Å². The predicted octanol–water partition coefficient (Wildman–Crippen LogP) is 1.97. The number of hydrogen-bond donors (Lipinski definition) is 1. The molecular formula is C10H12NaO3S. The maximum atomic E-state index is 10.3. The maximum absolute atomic E-state index is 10.3. The van der Waals surface area contributed by atoms with Crippen LogP contribution < -0.4 is 0 Å². The molecule has 0 aromatic heterocycles. The van der Waals surface area contributed by atoms with Crippen molar-refractivity contribution >= 4 is 45.8 Å². The van der Waals surface area contributed by atoms with Crippen LogP contribution in [0.1, 0.15) is 5.56 Å². The Morgan fingerprint density at radius 1 is 1.13 bits per heavy atom. The van der Waals surface area contributed by atoms with Crippen LogP contribution in [0.25, 0.3) is 6.08 Å². The van der Waals surface area contributed by atoms with Crippen molar-refractivity contribution in [1.29, 1.82) is 0 Å². The smallest absolute Gasteiger partial charge is 0.282 e. The molecule has 0 aliphatic heterocycles. The molecule has 1 rings (SSSR count). The minimum atomic E-state index is -4.00. The quantitative estimate of drug-likeness (QED) is 0.484. The van der Waals surface area contributed by atoms with Crippen molar-refractivity contribution < 1.29 is 13.0 Å². The molecule has 0 bridgehead atoms. The minimum absolute atomic E-state index is 0. The Hall–Kier alpha value is -0.390. The third-order valence-electron chi connectivity index (χ3n) is 1.23. The first-order valence-electron chi connectivity index (χ1n) is 3.78. The van der Waals surface area contributed by atoms with Gasteiger partial charge in [-0.25, -0.2) is 0 Å². The monoisotopic (exact) mass is 235 g/mol. The van der Waals surface area contributed by atoms with E-state index in [-0.39, 0.29) is 29.6 Å². The van der Waals surface area contributed by atoms with Crippen LogP contribution in [0.15, 0.2) is 48.9 Å². The molecule has 3 nitrogen and oxygen atoms in total. The zero-order valence-electron chi connectivity index (χ0n) is 8.63. The second-order valence-electron chi connectivity index (χ2n) is 2.23. The SMILES string of the molecule is C=C.O=S(=O)(O)C=Cc1ccccc1.[Na]. The molecule has 0 saturated heterocycles. The fraction of sp³-hybridized carbons (Fsp3) is 0. The molecular weight excluding hydrogens is 223 g/mol. The summed E-state index contributed by atoms with van der Waals surface area (Å²) in [5.74, 6) is 0. The van der Waals surface area contributed by atoms with Gasteiger partial charge < -0.3 is 0 Å². The van der Waals surface area contributed by atoms with Crippen LogP contribution in [0.2, 0.25) is 0 Å². The summed E-state index contributed by atoms with van der Waals surface area (Å²) in [4.78, 5) is 0. The van der Waals surface area contributed by atoms with Gasteiger partial charge in [0.05, 0.1) is 5.41 Å². The fourth-order valence-corrected chi connectivity index (χ4v) is 1.06. The molecule has 5 heteroatoms. The van der Waals surface area contributed by atoms with E-state index in [0.717, 1.165) is 11.0 Å². The van der Waals surface area contributed by atoms with Gasteiger partial charge in [-0.1, -0.05) is 30.3 Å². The Bertz CT molecular complexity index is 384. The standard InChI is InChI=1S/C8H8O3S.C2H4.Na/c9-12(10,11)7-6-8-4-2-1-3-5-8;1-2;/h1-7H,(H,9,10,11);1-2H2;. The third kappa shape index (κ3) is 9.90. The van der Waals surface area contributed by atoms with Crippen LogP contribution in [0.3, 0.4) is 0 Å². The Kier molecular flexibility index (Phi) is 10.1. The first kappa shape index (κ1) is 17.0. The van der Waals surface area contributed by atoms with Crippen LogP contribution in [0.5, 0.6) is 0 Å². The van der Waals surface area contributed by atoms with Crippen molar-refractivity contribution in [2.24, 2.45) is 0 Å². The van der Waals surface area contributed by atoms with Crippen LogP contribution in [-0.4, -0.2) is 42.5 Å². The molecule has 0 amide bonds. The van der Waals surface area contributed by atoms with Crippen LogP contribution in [0.4, 0.5) is 0 Å². The Morgan fingerprint density at radius 2 is 1.60 bits per heavy atom. The van der Waals surface area contributed by atoms with E-state index in [9.17, 15) is 8.42 Å². The summed E-state index contributed by atoms with van der Waals surface area (Å²) in [5.41, 5.74) is 0.732. The zero-order valence-corrected chi connectivity index (χ0v) is 11.4. The van der Waals surface area contributed by atoms with Gasteiger partial charge in [0.15, 0.2) is 0 Å². The molecule has 1 radical (unpaired) electrons. The molecule has 0 aliphatic carbocycles. The summed E-state index contributed by atoms with van der Waals surface area (Å²) in [7, 11) is -4.00. The molecule has 0 unspecified atom stereocenters. The van der Waals surface area contributed by atoms with Gasteiger partial charge in [-0.05, 0) is 11.6 Å². The van der Waals surface area contributed by atoms with Crippen LogP contribution in [-0.2, 0) is 10.1 Å². The van der Waals surface area contributed by atoms with Gasteiger partial charge in [0, 0.05) is 29.6 Å². The fourth-order valence-electron chi connectivity index (χ4n) is 0.729. The summed E-state index contributed by atoms with van der Waals surface area (Å²) in [6.45, 7) is 6.00. The molecule has 0 atom stereocenters. The van der Waals surface area contributed by atoms with E-state index >= 15 is 0 Å². The van der Waals surface area contributed by atoms with E-state index in [1.54, 1.807) is 24.3 Å². The van der Waals surface area contributed by atoms with Gasteiger partial charge in [-0.2, -0.15) is 8.42 Å². The van der Waals surface area contributed by atoms with Gasteiger partial charge in [0.1, 0.15) is 0 Å². The predicted molar refractivity (Wildman–Crippen MR) is 64.0 cm³/mol. The van der Waals surface area contributed by atoms with Gasteiger partial charge in [-0.3, -0.25) is 4.55 Å². The van der Waals surface area contributed by atoms with Crippen molar-refractivity contribution in [2.45, 2.75) is 0 Å². The molecule has 0 saturated carbocycles. The Morgan fingerprint density at radius 3 is 2.00 bits per heavy atom. The molecule has 1 aromatic carbocycles. The summed E-state index contributed by atoms with van der Waals surface area (Å²) >= 11 is 0. The van der Waals surface area contributed by atoms with Gasteiger partial charge in [0.2, 0.25) is 0 Å². The van der Waals surface area contributed by atoms with Gasteiger partial charge >= 0.3 is 0 Å². The van der Waals surface area contributed by atoms with E-state index in [1.807, 2.05) is 6.07 Å². The van der Waals surface area contributed by atoms with E-state index in [1.165, 1.54) is 6.08 Å².